The van der Waals surface area contributed by atoms with Gasteiger partial charge in [0.05, 0.1) is 19.2 Å². The minimum absolute atomic E-state index is 0.275. The average molecular weight is 326 g/mol. The summed E-state index contributed by atoms with van der Waals surface area (Å²) in [5, 5.41) is 1.05. The fraction of sp³-hybridized carbons (Fsp3) is 0.357. The molecule has 102 valence electrons. The predicted molar refractivity (Wildman–Crippen MR) is 77.8 cm³/mol. The number of carbonyl (C=O) groups excluding carboxylic acids is 1. The largest absolute Gasteiger partial charge is 0.493 e. The van der Waals surface area contributed by atoms with Crippen LogP contribution in [-0.4, -0.2) is 29.1 Å². The summed E-state index contributed by atoms with van der Waals surface area (Å²) in [6.45, 7) is 3.11. The van der Waals surface area contributed by atoms with Gasteiger partial charge in [-0.15, -0.1) is 0 Å². The van der Waals surface area contributed by atoms with Gasteiger partial charge in [0, 0.05) is 18.1 Å². The van der Waals surface area contributed by atoms with E-state index in [0.29, 0.717) is 13.2 Å². The quantitative estimate of drug-likeness (QED) is 0.626. The van der Waals surface area contributed by atoms with Crippen molar-refractivity contribution in [2.75, 3.05) is 13.7 Å². The lowest BCUT2D eigenvalue weighted by Gasteiger charge is -2.11. The average Bonchev–Trinajstić information content (AvgIpc) is 2.82. The van der Waals surface area contributed by atoms with Gasteiger partial charge < -0.3 is 14.0 Å². The molecule has 4 nitrogen and oxygen atoms in total. The van der Waals surface area contributed by atoms with Crippen molar-refractivity contribution in [1.29, 1.82) is 0 Å². The standard InChI is InChI=1S/C14H16BrNO3/c1-3-19-13-6-4-5-12-10(13)7-8-16(12)9-11(15)14(17)18-2/h4-8,11H,3,9H2,1-2H3. The molecule has 2 rings (SSSR count). The molecule has 0 radical (unpaired) electrons. The normalized spacial score (nSPS) is 12.4. The smallest absolute Gasteiger partial charge is 0.321 e. The second-order valence-electron chi connectivity index (χ2n) is 4.08. The Bertz CT molecular complexity index is 579. The Labute approximate surface area is 120 Å². The molecule has 1 atom stereocenters. The van der Waals surface area contributed by atoms with Gasteiger partial charge in [0.25, 0.3) is 0 Å². The van der Waals surface area contributed by atoms with Crippen LogP contribution in [0.1, 0.15) is 6.92 Å². The van der Waals surface area contributed by atoms with E-state index >= 15 is 0 Å². The molecule has 1 unspecified atom stereocenters. The van der Waals surface area contributed by atoms with Crippen LogP contribution in [0, 0.1) is 0 Å². The summed E-state index contributed by atoms with van der Waals surface area (Å²) in [4.78, 5) is 11.1. The van der Waals surface area contributed by atoms with E-state index in [1.807, 2.05) is 42.0 Å². The van der Waals surface area contributed by atoms with Gasteiger partial charge in [-0.2, -0.15) is 0 Å². The minimum Gasteiger partial charge on any atom is -0.493 e. The molecular weight excluding hydrogens is 310 g/mol. The first-order chi connectivity index (χ1) is 9.17. The van der Waals surface area contributed by atoms with Crippen LogP contribution in [0.25, 0.3) is 10.9 Å². The summed E-state index contributed by atoms with van der Waals surface area (Å²) < 4.78 is 12.3. The van der Waals surface area contributed by atoms with Gasteiger partial charge in [0.15, 0.2) is 0 Å². The molecule has 0 aliphatic heterocycles. The molecular formula is C14H16BrNO3. The van der Waals surface area contributed by atoms with Crippen molar-refractivity contribution in [2.24, 2.45) is 0 Å². The Hall–Kier alpha value is -1.49. The highest BCUT2D eigenvalue weighted by molar-refractivity contribution is 9.10. The summed E-state index contributed by atoms with van der Waals surface area (Å²) in [5.41, 5.74) is 1.04. The van der Waals surface area contributed by atoms with Crippen LogP contribution in [0.15, 0.2) is 30.5 Å². The number of esters is 1. The molecule has 0 spiro atoms. The first kappa shape index (κ1) is 13.9. The molecule has 0 fully saturated rings. The van der Waals surface area contributed by atoms with Crippen molar-refractivity contribution in [1.82, 2.24) is 4.57 Å². The molecule has 0 N–H and O–H groups in total. The van der Waals surface area contributed by atoms with E-state index in [2.05, 4.69) is 15.9 Å². The van der Waals surface area contributed by atoms with Gasteiger partial charge in [-0.1, -0.05) is 22.0 Å². The van der Waals surface area contributed by atoms with E-state index in [0.717, 1.165) is 16.7 Å². The molecule has 0 saturated heterocycles. The van der Waals surface area contributed by atoms with Crippen LogP contribution >= 0.6 is 15.9 Å². The lowest BCUT2D eigenvalue weighted by Crippen LogP contribution is -2.21. The zero-order valence-electron chi connectivity index (χ0n) is 10.9. The fourth-order valence-electron chi connectivity index (χ4n) is 2.01. The van der Waals surface area contributed by atoms with Crippen molar-refractivity contribution < 1.29 is 14.3 Å². The van der Waals surface area contributed by atoms with E-state index < -0.39 is 0 Å². The first-order valence-corrected chi connectivity index (χ1v) is 7.01. The molecule has 0 amide bonds. The number of nitrogens with zero attached hydrogens (tertiary/aromatic N) is 1. The predicted octanol–water partition coefficient (Wildman–Crippen LogP) is 2.98. The molecule has 1 aromatic heterocycles. The highest BCUT2D eigenvalue weighted by atomic mass is 79.9. The van der Waals surface area contributed by atoms with Gasteiger partial charge in [-0.3, -0.25) is 4.79 Å². The zero-order chi connectivity index (χ0) is 13.8. The number of carbonyl (C=O) groups is 1. The number of alkyl halides is 1. The number of aromatic nitrogens is 1. The molecule has 2 aromatic rings. The summed E-state index contributed by atoms with van der Waals surface area (Å²) in [7, 11) is 1.39. The minimum atomic E-state index is -0.358. The second kappa shape index (κ2) is 6.10. The highest BCUT2D eigenvalue weighted by Gasteiger charge is 2.17. The number of ether oxygens (including phenoxy) is 2. The maximum atomic E-state index is 11.4. The van der Waals surface area contributed by atoms with Crippen LogP contribution in [0.4, 0.5) is 0 Å². The summed E-state index contributed by atoms with van der Waals surface area (Å²) in [6.07, 6.45) is 1.95. The van der Waals surface area contributed by atoms with Crippen molar-refractivity contribution >= 4 is 32.8 Å². The van der Waals surface area contributed by atoms with Crippen molar-refractivity contribution in [2.45, 2.75) is 18.3 Å². The van der Waals surface area contributed by atoms with E-state index in [4.69, 9.17) is 9.47 Å². The Morgan fingerprint density at radius 2 is 2.21 bits per heavy atom. The van der Waals surface area contributed by atoms with E-state index in [9.17, 15) is 4.79 Å². The number of hydrogen-bond donors (Lipinski definition) is 0. The molecule has 5 heteroatoms. The third kappa shape index (κ3) is 2.92. The van der Waals surface area contributed by atoms with Crippen LogP contribution in [-0.2, 0) is 16.1 Å². The molecule has 19 heavy (non-hydrogen) atoms. The number of hydrogen-bond acceptors (Lipinski definition) is 3. The Morgan fingerprint density at radius 3 is 2.89 bits per heavy atom. The number of methoxy groups -OCH3 is 1. The van der Waals surface area contributed by atoms with Gasteiger partial charge in [0.2, 0.25) is 0 Å². The van der Waals surface area contributed by atoms with Gasteiger partial charge in [0.1, 0.15) is 10.6 Å². The zero-order valence-corrected chi connectivity index (χ0v) is 12.5. The number of benzene rings is 1. The molecule has 0 bridgehead atoms. The number of halogens is 1. The number of fused-ring (bicyclic) bond motifs is 1. The monoisotopic (exact) mass is 325 g/mol. The summed E-state index contributed by atoms with van der Waals surface area (Å²) >= 11 is 3.33. The van der Waals surface area contributed by atoms with Crippen LogP contribution in [0.2, 0.25) is 0 Å². The Kier molecular flexibility index (Phi) is 4.47. The van der Waals surface area contributed by atoms with Gasteiger partial charge in [-0.25, -0.2) is 0 Å². The summed E-state index contributed by atoms with van der Waals surface area (Å²) in [5.74, 6) is 0.589. The third-order valence-corrected chi connectivity index (χ3v) is 3.55. The van der Waals surface area contributed by atoms with Crippen LogP contribution in [0.3, 0.4) is 0 Å². The van der Waals surface area contributed by atoms with Gasteiger partial charge >= 0.3 is 5.97 Å². The Balaban J connectivity index is 2.30. The Morgan fingerprint density at radius 1 is 1.42 bits per heavy atom. The van der Waals surface area contributed by atoms with E-state index in [-0.39, 0.29) is 10.8 Å². The SMILES string of the molecule is CCOc1cccc2c1ccn2CC(Br)C(=O)OC. The lowest BCUT2D eigenvalue weighted by atomic mass is 10.2. The highest BCUT2D eigenvalue weighted by Crippen LogP contribution is 2.27. The third-order valence-electron chi connectivity index (χ3n) is 2.89. The van der Waals surface area contributed by atoms with Crippen molar-refractivity contribution in [3.05, 3.63) is 30.5 Å². The first-order valence-electron chi connectivity index (χ1n) is 6.10. The molecule has 0 aliphatic carbocycles. The molecule has 0 aliphatic rings. The molecule has 0 saturated carbocycles. The summed E-state index contributed by atoms with van der Waals surface area (Å²) in [6, 6.07) is 7.90. The maximum absolute atomic E-state index is 11.4. The second-order valence-corrected chi connectivity index (χ2v) is 5.19. The maximum Gasteiger partial charge on any atom is 0.321 e. The topological polar surface area (TPSA) is 40.5 Å². The van der Waals surface area contributed by atoms with Crippen LogP contribution in [0.5, 0.6) is 5.75 Å². The molecule has 1 aromatic carbocycles. The molecule has 1 heterocycles. The lowest BCUT2D eigenvalue weighted by molar-refractivity contribution is -0.140. The fourth-order valence-corrected chi connectivity index (χ4v) is 2.51. The van der Waals surface area contributed by atoms with Crippen molar-refractivity contribution in [3.8, 4) is 5.75 Å². The van der Waals surface area contributed by atoms with Crippen molar-refractivity contribution in [3.63, 3.8) is 0 Å². The van der Waals surface area contributed by atoms with Crippen LogP contribution < -0.4 is 4.74 Å². The van der Waals surface area contributed by atoms with E-state index in [1.54, 1.807) is 0 Å². The number of rotatable bonds is 5. The van der Waals surface area contributed by atoms with E-state index in [1.165, 1.54) is 7.11 Å². The van der Waals surface area contributed by atoms with Gasteiger partial charge in [-0.05, 0) is 25.1 Å².